The average molecular weight is 537 g/mol. The van der Waals surface area contributed by atoms with Crippen LogP contribution in [0, 0.1) is 34.5 Å². The first-order chi connectivity index (χ1) is 17.7. The zero-order valence-electron chi connectivity index (χ0n) is 22.4. The van der Waals surface area contributed by atoms with Crippen molar-refractivity contribution in [2.75, 3.05) is 0 Å². The third-order valence-electron chi connectivity index (χ3n) is 11.0. The van der Waals surface area contributed by atoms with E-state index in [9.17, 15) is 24.6 Å². The van der Waals surface area contributed by atoms with Crippen LogP contribution in [0.2, 0.25) is 0 Å². The molecular weight excluding hydrogens is 498 g/mol. The molecule has 0 amide bonds. The topological polar surface area (TPSA) is 110 Å². The van der Waals surface area contributed by atoms with Gasteiger partial charge >= 0.3 is 12.1 Å². The molecule has 0 aromatic rings. The highest BCUT2D eigenvalue weighted by atomic mass is 19.1. The molecule has 5 aliphatic rings. The fourth-order valence-corrected chi connectivity index (χ4v) is 8.98. The van der Waals surface area contributed by atoms with Crippen LogP contribution < -0.4 is 0 Å². The molecule has 0 heterocycles. The molecule has 9 heteroatoms. The van der Waals surface area contributed by atoms with Gasteiger partial charge in [0.05, 0.1) is 6.10 Å². The van der Waals surface area contributed by atoms with Gasteiger partial charge in [-0.25, -0.2) is 18.4 Å². The van der Waals surface area contributed by atoms with Crippen molar-refractivity contribution >= 4 is 17.9 Å². The van der Waals surface area contributed by atoms with Gasteiger partial charge in [0.1, 0.15) is 12.3 Å². The molecule has 0 aromatic heterocycles. The molecule has 0 aromatic carbocycles. The number of carbonyl (C=O) groups is 3. The minimum Gasteiger partial charge on any atom is -0.478 e. The fraction of sp³-hybridized carbons (Fsp3) is 0.759. The highest BCUT2D eigenvalue weighted by Crippen LogP contribution is 2.71. The lowest BCUT2D eigenvalue weighted by atomic mass is 9.44. The number of carboxylic acid groups (broad SMARTS) is 1. The maximum Gasteiger partial charge on any atom is 0.509 e. The van der Waals surface area contributed by atoms with Crippen molar-refractivity contribution in [1.29, 1.82) is 0 Å². The van der Waals surface area contributed by atoms with Gasteiger partial charge in [0.2, 0.25) is 5.60 Å². The third kappa shape index (κ3) is 3.42. The van der Waals surface area contributed by atoms with E-state index in [0.29, 0.717) is 6.42 Å². The Labute approximate surface area is 221 Å². The molecule has 0 saturated heterocycles. The number of halogens is 2. The molecule has 0 bridgehead atoms. The van der Waals surface area contributed by atoms with E-state index >= 15 is 8.78 Å². The Hall–Kier alpha value is -2.29. The van der Waals surface area contributed by atoms with E-state index in [4.69, 9.17) is 9.47 Å². The summed E-state index contributed by atoms with van der Waals surface area (Å²) in [5, 5.41) is 22.0. The van der Waals surface area contributed by atoms with Crippen LogP contribution in [0.3, 0.4) is 0 Å². The Morgan fingerprint density at radius 3 is 2.45 bits per heavy atom. The average Bonchev–Trinajstić information content (AvgIpc) is 3.06. The fourth-order valence-electron chi connectivity index (χ4n) is 8.98. The standard InChI is InChI=1S/C29H38F2O7/c1-15-7-5-6-8-22(15)37-25(36)38-29(24(34)35)16(2)11-18-19-13-21(30)20-12-17(32)9-10-26(20,3)28(19,31)23(33)14-27(18,29)4/h9-10,12,15-16,18-19,21-23,33H,5-8,11,13-14H2,1-4H3,(H,34,35)/t15?,16-,18+,19+,21+,22?,23+,26+,27+,28+,29+/m1/s1. The minimum absolute atomic E-state index is 0.00313. The Bertz CT molecular complexity index is 1100. The number of fused-ring (bicyclic) bond motifs is 5. The quantitative estimate of drug-likeness (QED) is 0.483. The maximum absolute atomic E-state index is 17.3. The number of aliphatic carboxylic acids is 1. The van der Waals surface area contributed by atoms with Crippen molar-refractivity contribution in [1.82, 2.24) is 0 Å². The summed E-state index contributed by atoms with van der Waals surface area (Å²) in [4.78, 5) is 38.1. The van der Waals surface area contributed by atoms with E-state index in [-0.39, 0.29) is 36.9 Å². The van der Waals surface area contributed by atoms with Crippen LogP contribution in [0.5, 0.6) is 0 Å². The molecule has 5 rings (SSSR count). The second-order valence-electron chi connectivity index (χ2n) is 12.8. The highest BCUT2D eigenvalue weighted by Gasteiger charge is 2.78. The summed E-state index contributed by atoms with van der Waals surface area (Å²) in [5.41, 5.74) is -7.38. The molecule has 0 radical (unpaired) electrons. The third-order valence-corrected chi connectivity index (χ3v) is 11.0. The molecule has 0 spiro atoms. The summed E-state index contributed by atoms with van der Waals surface area (Å²) < 4.78 is 44.3. The molecule has 2 unspecified atom stereocenters. The van der Waals surface area contributed by atoms with Crippen LogP contribution in [0.25, 0.3) is 0 Å². The first-order valence-electron chi connectivity index (χ1n) is 13.8. The van der Waals surface area contributed by atoms with Crippen LogP contribution in [-0.2, 0) is 19.1 Å². The normalized spacial score (nSPS) is 49.8. The molecule has 11 atom stereocenters. The summed E-state index contributed by atoms with van der Waals surface area (Å²) in [6.07, 6.45) is 1.93. The highest BCUT2D eigenvalue weighted by molar-refractivity contribution is 6.01. The number of aliphatic hydroxyl groups excluding tert-OH is 1. The van der Waals surface area contributed by atoms with Gasteiger partial charge in [0.25, 0.3) is 0 Å². The zero-order valence-corrected chi connectivity index (χ0v) is 22.4. The van der Waals surface area contributed by atoms with Crippen molar-refractivity contribution in [2.24, 2.45) is 34.5 Å². The van der Waals surface area contributed by atoms with Gasteiger partial charge in [0.15, 0.2) is 11.5 Å². The number of hydrogen-bond acceptors (Lipinski definition) is 6. The molecule has 38 heavy (non-hydrogen) atoms. The SMILES string of the molecule is CC1CCCCC1OC(=O)O[C@]1(C(=O)O)[C@H](C)C[C@H]2[C@@H]3C[C@H](F)C4=CC(=O)C=C[C@]4(C)[C@@]3(F)[C@@H](O)C[C@@]21C. The largest absolute Gasteiger partial charge is 0.509 e. The van der Waals surface area contributed by atoms with Gasteiger partial charge in [0, 0.05) is 22.7 Å². The molecule has 2 N–H and O–H groups in total. The van der Waals surface area contributed by atoms with Crippen molar-refractivity contribution in [3.8, 4) is 0 Å². The lowest BCUT2D eigenvalue weighted by molar-refractivity contribution is -0.232. The summed E-state index contributed by atoms with van der Waals surface area (Å²) in [6.45, 7) is 6.72. The lowest BCUT2D eigenvalue weighted by Crippen LogP contribution is -2.71. The molecule has 7 nitrogen and oxygen atoms in total. The Kier molecular flexibility index (Phi) is 6.36. The Balaban J connectivity index is 1.52. The van der Waals surface area contributed by atoms with E-state index in [0.717, 1.165) is 25.3 Å². The van der Waals surface area contributed by atoms with Gasteiger partial charge in [-0.3, -0.25) is 4.79 Å². The van der Waals surface area contributed by atoms with Crippen molar-refractivity contribution in [3.63, 3.8) is 0 Å². The molecule has 0 aliphatic heterocycles. The van der Waals surface area contributed by atoms with Crippen molar-refractivity contribution in [2.45, 2.75) is 102 Å². The van der Waals surface area contributed by atoms with Gasteiger partial charge in [-0.05, 0) is 75.0 Å². The maximum atomic E-state index is 17.3. The molecule has 210 valence electrons. The Morgan fingerprint density at radius 1 is 1.11 bits per heavy atom. The van der Waals surface area contributed by atoms with E-state index in [1.54, 1.807) is 13.8 Å². The number of rotatable bonds is 3. The number of aliphatic hydroxyl groups is 1. The van der Waals surface area contributed by atoms with Crippen molar-refractivity contribution < 1.29 is 42.9 Å². The molecule has 5 aliphatic carbocycles. The number of ketones is 1. The van der Waals surface area contributed by atoms with E-state index in [1.807, 2.05) is 6.92 Å². The van der Waals surface area contributed by atoms with E-state index < -0.39 is 70.0 Å². The first kappa shape index (κ1) is 27.3. The summed E-state index contributed by atoms with van der Waals surface area (Å²) in [6, 6.07) is 0. The van der Waals surface area contributed by atoms with E-state index in [1.165, 1.54) is 19.1 Å². The smallest absolute Gasteiger partial charge is 0.478 e. The molecule has 4 saturated carbocycles. The number of carboxylic acids is 1. The summed E-state index contributed by atoms with van der Waals surface area (Å²) in [7, 11) is 0. The second kappa shape index (κ2) is 8.86. The summed E-state index contributed by atoms with van der Waals surface area (Å²) >= 11 is 0. The zero-order chi connectivity index (χ0) is 27.8. The van der Waals surface area contributed by atoms with Gasteiger partial charge in [-0.1, -0.05) is 33.3 Å². The number of hydrogen-bond donors (Lipinski definition) is 2. The van der Waals surface area contributed by atoms with Gasteiger partial charge < -0.3 is 19.7 Å². The number of ether oxygens (including phenoxy) is 2. The molecular formula is C29H38F2O7. The van der Waals surface area contributed by atoms with Crippen LogP contribution in [0.15, 0.2) is 23.8 Å². The van der Waals surface area contributed by atoms with Gasteiger partial charge in [-0.2, -0.15) is 0 Å². The monoisotopic (exact) mass is 536 g/mol. The number of carbonyl (C=O) groups excluding carboxylic acids is 2. The number of alkyl halides is 2. The lowest BCUT2D eigenvalue weighted by Gasteiger charge is -2.62. The van der Waals surface area contributed by atoms with Crippen LogP contribution >= 0.6 is 0 Å². The minimum atomic E-state index is -2.34. The van der Waals surface area contributed by atoms with Crippen molar-refractivity contribution in [3.05, 3.63) is 23.8 Å². The predicted molar refractivity (Wildman–Crippen MR) is 133 cm³/mol. The number of allylic oxidation sites excluding steroid dienone is 4. The second-order valence-corrected chi connectivity index (χ2v) is 12.8. The van der Waals surface area contributed by atoms with Crippen LogP contribution in [-0.4, -0.2) is 57.8 Å². The Morgan fingerprint density at radius 2 is 1.79 bits per heavy atom. The summed E-state index contributed by atoms with van der Waals surface area (Å²) in [5.74, 6) is -4.21. The molecule has 4 fully saturated rings. The van der Waals surface area contributed by atoms with E-state index in [2.05, 4.69) is 0 Å². The predicted octanol–water partition coefficient (Wildman–Crippen LogP) is 5.11. The van der Waals surface area contributed by atoms with Gasteiger partial charge in [-0.15, -0.1) is 0 Å². The van der Waals surface area contributed by atoms with Crippen LogP contribution in [0.1, 0.15) is 72.6 Å². The van der Waals surface area contributed by atoms with Crippen LogP contribution in [0.4, 0.5) is 13.6 Å². The first-order valence-corrected chi connectivity index (χ1v) is 13.8.